The predicted octanol–water partition coefficient (Wildman–Crippen LogP) is 4.71. The predicted molar refractivity (Wildman–Crippen MR) is 108 cm³/mol. The zero-order chi connectivity index (χ0) is 21.9. The Balaban J connectivity index is 1.65. The van der Waals surface area contributed by atoms with E-state index in [9.17, 15) is 22.8 Å². The quantitative estimate of drug-likeness (QED) is 0.429. The van der Waals surface area contributed by atoms with Crippen LogP contribution < -0.4 is 5.32 Å². The number of halogens is 3. The van der Waals surface area contributed by atoms with Crippen molar-refractivity contribution in [3.63, 3.8) is 0 Å². The van der Waals surface area contributed by atoms with Gasteiger partial charge in [-0.05, 0) is 42.3 Å². The third-order valence-electron chi connectivity index (χ3n) is 4.12. The van der Waals surface area contributed by atoms with E-state index in [-0.39, 0.29) is 34.2 Å². The fourth-order valence-electron chi connectivity index (χ4n) is 2.67. The van der Waals surface area contributed by atoms with E-state index in [0.29, 0.717) is 17.7 Å². The molecule has 1 aromatic carbocycles. The van der Waals surface area contributed by atoms with Gasteiger partial charge in [-0.1, -0.05) is 25.6 Å². The van der Waals surface area contributed by atoms with Crippen molar-refractivity contribution in [3.8, 4) is 0 Å². The van der Waals surface area contributed by atoms with E-state index in [1.54, 1.807) is 24.3 Å². The lowest BCUT2D eigenvalue weighted by Crippen LogP contribution is -2.14. The Labute approximate surface area is 174 Å². The largest absolute Gasteiger partial charge is 0.417 e. The highest BCUT2D eigenvalue weighted by atomic mass is 32.2. The second-order valence-electron chi connectivity index (χ2n) is 7.06. The molecule has 2 heterocycles. The first-order chi connectivity index (χ1) is 14.1. The summed E-state index contributed by atoms with van der Waals surface area (Å²) >= 11 is 1.00. The van der Waals surface area contributed by atoms with Crippen molar-refractivity contribution in [2.24, 2.45) is 5.92 Å². The van der Waals surface area contributed by atoms with Gasteiger partial charge in [0.05, 0.1) is 11.3 Å². The van der Waals surface area contributed by atoms with Crippen LogP contribution >= 0.6 is 11.8 Å². The van der Waals surface area contributed by atoms with Crippen molar-refractivity contribution in [2.75, 3.05) is 11.1 Å². The average Bonchev–Trinajstić information content (AvgIpc) is 3.07. The lowest BCUT2D eigenvalue weighted by molar-refractivity contribution is -0.137. The van der Waals surface area contributed by atoms with E-state index in [4.69, 9.17) is 0 Å². The highest BCUT2D eigenvalue weighted by Gasteiger charge is 2.31. The number of Topliss-reactive ketones (excluding diaryl/α,β-unsaturated/α-hetero) is 1. The van der Waals surface area contributed by atoms with Crippen LogP contribution in [0.2, 0.25) is 0 Å². The molecule has 0 fully saturated rings. The highest BCUT2D eigenvalue weighted by Crippen LogP contribution is 2.30. The minimum Gasteiger partial charge on any atom is -0.326 e. The van der Waals surface area contributed by atoms with E-state index < -0.39 is 11.7 Å². The number of alkyl halides is 3. The number of carbonyl (C=O) groups is 2. The fraction of sp³-hybridized carbons (Fsp3) is 0.300. The summed E-state index contributed by atoms with van der Waals surface area (Å²) in [6, 6.07) is 8.63. The number of benzene rings is 1. The summed E-state index contributed by atoms with van der Waals surface area (Å²) in [7, 11) is 0. The minimum atomic E-state index is -4.48. The standard InChI is InChI=1S/C20H19F3N4O2S/c1-12(2)9-18(29)24-15-6-3-13(4-7-15)16(28)11-30-19-26-25-17-8-5-14(10-27(17)19)20(21,22)23/h3-8,10,12H,9,11H2,1-2H3,(H,24,29). The molecule has 0 atom stereocenters. The Kier molecular flexibility index (Phi) is 6.45. The zero-order valence-electron chi connectivity index (χ0n) is 16.2. The molecule has 158 valence electrons. The molecule has 0 radical (unpaired) electrons. The monoisotopic (exact) mass is 436 g/mol. The average molecular weight is 436 g/mol. The Hall–Kier alpha value is -2.88. The van der Waals surface area contributed by atoms with Crippen LogP contribution in [0.5, 0.6) is 0 Å². The minimum absolute atomic E-state index is 0.0178. The zero-order valence-corrected chi connectivity index (χ0v) is 17.0. The molecular formula is C20H19F3N4O2S. The van der Waals surface area contributed by atoms with Crippen LogP contribution in [0.15, 0.2) is 47.8 Å². The maximum Gasteiger partial charge on any atom is 0.417 e. The van der Waals surface area contributed by atoms with Crippen LogP contribution in [0.3, 0.4) is 0 Å². The number of amides is 1. The van der Waals surface area contributed by atoms with Gasteiger partial charge in [0.15, 0.2) is 16.6 Å². The van der Waals surface area contributed by atoms with Gasteiger partial charge in [-0.25, -0.2) is 0 Å². The Bertz CT molecular complexity index is 1060. The number of hydrogen-bond acceptors (Lipinski definition) is 5. The Morgan fingerprint density at radius 2 is 1.80 bits per heavy atom. The van der Waals surface area contributed by atoms with Crippen molar-refractivity contribution >= 4 is 34.8 Å². The Morgan fingerprint density at radius 1 is 1.10 bits per heavy atom. The number of anilines is 1. The topological polar surface area (TPSA) is 76.4 Å². The van der Waals surface area contributed by atoms with E-state index in [2.05, 4.69) is 15.5 Å². The third kappa shape index (κ3) is 5.38. The van der Waals surface area contributed by atoms with Crippen LogP contribution in [-0.2, 0) is 11.0 Å². The van der Waals surface area contributed by atoms with Crippen molar-refractivity contribution < 1.29 is 22.8 Å². The van der Waals surface area contributed by atoms with E-state index in [1.807, 2.05) is 13.8 Å². The van der Waals surface area contributed by atoms with Crippen LogP contribution in [0.4, 0.5) is 18.9 Å². The molecule has 0 bridgehead atoms. The molecule has 0 aliphatic rings. The van der Waals surface area contributed by atoms with Crippen molar-refractivity contribution in [3.05, 3.63) is 53.7 Å². The SMILES string of the molecule is CC(C)CC(=O)Nc1ccc(C(=O)CSc2nnc3ccc(C(F)(F)F)cn23)cc1. The molecule has 6 nitrogen and oxygen atoms in total. The number of ketones is 1. The summed E-state index contributed by atoms with van der Waals surface area (Å²) in [4.78, 5) is 24.2. The van der Waals surface area contributed by atoms with Gasteiger partial charge in [0.25, 0.3) is 0 Å². The molecule has 10 heteroatoms. The summed E-state index contributed by atoms with van der Waals surface area (Å²) in [5.74, 6) is -0.0977. The first kappa shape index (κ1) is 21.8. The summed E-state index contributed by atoms with van der Waals surface area (Å²) in [5.41, 5.74) is 0.458. The van der Waals surface area contributed by atoms with Crippen LogP contribution in [0.1, 0.15) is 36.2 Å². The summed E-state index contributed by atoms with van der Waals surface area (Å²) in [5, 5.41) is 10.6. The van der Waals surface area contributed by atoms with Crippen molar-refractivity contribution in [2.45, 2.75) is 31.6 Å². The second kappa shape index (κ2) is 8.86. The van der Waals surface area contributed by atoms with Crippen molar-refractivity contribution in [1.82, 2.24) is 14.6 Å². The number of rotatable bonds is 7. The van der Waals surface area contributed by atoms with Gasteiger partial charge in [-0.3, -0.25) is 14.0 Å². The van der Waals surface area contributed by atoms with Crippen LogP contribution in [0, 0.1) is 5.92 Å². The molecule has 0 unspecified atom stereocenters. The van der Waals surface area contributed by atoms with Gasteiger partial charge < -0.3 is 5.32 Å². The van der Waals surface area contributed by atoms with Crippen molar-refractivity contribution in [1.29, 1.82) is 0 Å². The number of fused-ring (bicyclic) bond motifs is 1. The molecule has 1 amide bonds. The molecule has 0 aliphatic heterocycles. The van der Waals surface area contributed by atoms with Gasteiger partial charge in [-0.2, -0.15) is 13.2 Å². The van der Waals surface area contributed by atoms with Crippen LogP contribution in [-0.4, -0.2) is 32.0 Å². The molecule has 0 saturated carbocycles. The highest BCUT2D eigenvalue weighted by molar-refractivity contribution is 7.99. The summed E-state index contributed by atoms with van der Waals surface area (Å²) < 4.78 is 40.0. The maximum absolute atomic E-state index is 12.9. The van der Waals surface area contributed by atoms with Crippen LogP contribution in [0.25, 0.3) is 5.65 Å². The second-order valence-corrected chi connectivity index (χ2v) is 8.00. The third-order valence-corrected chi connectivity index (χ3v) is 5.06. The number of nitrogens with one attached hydrogen (secondary N) is 1. The fourth-order valence-corrected chi connectivity index (χ4v) is 3.48. The Morgan fingerprint density at radius 3 is 2.43 bits per heavy atom. The lowest BCUT2D eigenvalue weighted by Gasteiger charge is -2.08. The van der Waals surface area contributed by atoms with Gasteiger partial charge in [0.2, 0.25) is 5.91 Å². The first-order valence-electron chi connectivity index (χ1n) is 9.11. The number of hydrogen-bond donors (Lipinski definition) is 1. The normalized spacial score (nSPS) is 11.8. The first-order valence-corrected chi connectivity index (χ1v) is 10.1. The molecule has 3 aromatic rings. The van der Waals surface area contributed by atoms with E-state index >= 15 is 0 Å². The molecule has 0 spiro atoms. The molecule has 2 aromatic heterocycles. The molecule has 0 aliphatic carbocycles. The number of nitrogens with zero attached hydrogens (tertiary/aromatic N) is 3. The van der Waals surface area contributed by atoms with E-state index in [1.165, 1.54) is 10.5 Å². The maximum atomic E-state index is 12.9. The van der Waals surface area contributed by atoms with E-state index in [0.717, 1.165) is 24.0 Å². The number of thioether (sulfide) groups is 1. The van der Waals surface area contributed by atoms with Gasteiger partial charge >= 0.3 is 6.18 Å². The van der Waals surface area contributed by atoms with Gasteiger partial charge in [0, 0.05) is 23.9 Å². The molecular weight excluding hydrogens is 417 g/mol. The van der Waals surface area contributed by atoms with Gasteiger partial charge in [-0.15, -0.1) is 10.2 Å². The number of pyridine rings is 1. The van der Waals surface area contributed by atoms with Gasteiger partial charge in [0.1, 0.15) is 0 Å². The molecule has 0 saturated heterocycles. The molecule has 3 rings (SSSR count). The number of carbonyl (C=O) groups excluding carboxylic acids is 2. The number of aromatic nitrogens is 3. The molecule has 1 N–H and O–H groups in total. The summed E-state index contributed by atoms with van der Waals surface area (Å²) in [6.45, 7) is 3.89. The molecule has 30 heavy (non-hydrogen) atoms. The smallest absolute Gasteiger partial charge is 0.326 e. The lowest BCUT2D eigenvalue weighted by atomic mass is 10.1. The summed E-state index contributed by atoms with van der Waals surface area (Å²) in [6.07, 6.45) is -3.17.